The molecule has 1 aromatic carbocycles. The first kappa shape index (κ1) is 17.7. The minimum absolute atomic E-state index is 0.151. The smallest absolute Gasteiger partial charge is 0.250 e. The van der Waals surface area contributed by atoms with E-state index in [2.05, 4.69) is 23.2 Å². The van der Waals surface area contributed by atoms with Crippen LogP contribution in [0.1, 0.15) is 34.8 Å². The molecule has 4 N–H and O–H groups in total. The van der Waals surface area contributed by atoms with E-state index < -0.39 is 5.91 Å². The highest BCUT2D eigenvalue weighted by atomic mass is 16.5. The highest BCUT2D eigenvalue weighted by Crippen LogP contribution is 2.33. The number of anilines is 1. The van der Waals surface area contributed by atoms with Gasteiger partial charge in [-0.15, -0.1) is 0 Å². The fraction of sp³-hybridized carbons (Fsp3) is 0.588. The first-order valence-electron chi connectivity index (χ1n) is 8.10. The lowest BCUT2D eigenvalue weighted by atomic mass is 9.98. The Hall–Kier alpha value is -1.63. The van der Waals surface area contributed by atoms with Crippen LogP contribution in [0.3, 0.4) is 0 Å². The number of rotatable bonds is 9. The van der Waals surface area contributed by atoms with Gasteiger partial charge in [-0.3, -0.25) is 10.1 Å². The number of ether oxygens (including phenoxy) is 1. The second-order valence-corrected chi connectivity index (χ2v) is 6.07. The van der Waals surface area contributed by atoms with Gasteiger partial charge in [0.15, 0.2) is 0 Å². The van der Waals surface area contributed by atoms with E-state index in [1.807, 2.05) is 6.07 Å². The van der Waals surface area contributed by atoms with Crippen LogP contribution in [-0.2, 0) is 17.6 Å². The first-order chi connectivity index (χ1) is 11.1. The van der Waals surface area contributed by atoms with Crippen LogP contribution in [0.25, 0.3) is 0 Å². The number of hydrogen-bond donors (Lipinski definition) is 3. The normalized spacial score (nSPS) is 14.8. The molecule has 0 spiro atoms. The van der Waals surface area contributed by atoms with Gasteiger partial charge in [-0.05, 0) is 43.4 Å². The minimum Gasteiger partial charge on any atom is -0.396 e. The first-order valence-corrected chi connectivity index (χ1v) is 8.10. The van der Waals surface area contributed by atoms with Gasteiger partial charge in [0, 0.05) is 32.8 Å². The van der Waals surface area contributed by atoms with Crippen molar-refractivity contribution in [2.24, 2.45) is 5.73 Å². The van der Waals surface area contributed by atoms with Crippen molar-refractivity contribution >= 4 is 11.6 Å². The molecule has 0 bridgehead atoms. The van der Waals surface area contributed by atoms with Crippen LogP contribution in [0.2, 0.25) is 0 Å². The molecule has 1 atom stereocenters. The fourth-order valence-corrected chi connectivity index (χ4v) is 3.13. The molecule has 6 nitrogen and oxygen atoms in total. The number of primary amides is 1. The Bertz CT molecular complexity index is 548. The number of carbonyl (C=O) groups excluding carboxylic acids is 1. The third-order valence-corrected chi connectivity index (χ3v) is 4.19. The molecule has 6 heteroatoms. The highest BCUT2D eigenvalue weighted by molar-refractivity contribution is 6.00. The maximum atomic E-state index is 11.9. The van der Waals surface area contributed by atoms with Gasteiger partial charge in [0.25, 0.3) is 5.91 Å². The molecule has 128 valence electrons. The molecule has 1 aromatic rings. The van der Waals surface area contributed by atoms with E-state index in [-0.39, 0.29) is 12.6 Å². The summed E-state index contributed by atoms with van der Waals surface area (Å²) in [6, 6.07) is 4.33. The summed E-state index contributed by atoms with van der Waals surface area (Å²) in [5.41, 5.74) is 9.43. The summed E-state index contributed by atoms with van der Waals surface area (Å²) in [5, 5.41) is 12.3. The van der Waals surface area contributed by atoms with Crippen molar-refractivity contribution in [3.05, 3.63) is 28.8 Å². The van der Waals surface area contributed by atoms with Crippen LogP contribution in [0, 0.1) is 0 Å². The average molecular weight is 321 g/mol. The third kappa shape index (κ3) is 4.43. The van der Waals surface area contributed by atoms with Gasteiger partial charge in [0.2, 0.25) is 0 Å². The number of nitrogens with zero attached hydrogens (tertiary/aromatic N) is 1. The van der Waals surface area contributed by atoms with E-state index in [4.69, 9.17) is 15.6 Å². The Morgan fingerprint density at radius 1 is 1.52 bits per heavy atom. The maximum absolute atomic E-state index is 11.9. The lowest BCUT2D eigenvalue weighted by Gasteiger charge is -2.22. The summed E-state index contributed by atoms with van der Waals surface area (Å²) in [6.07, 6.45) is 2.42. The van der Waals surface area contributed by atoms with Crippen LogP contribution >= 0.6 is 0 Å². The van der Waals surface area contributed by atoms with Crippen LogP contribution in [0.4, 0.5) is 5.69 Å². The molecule has 23 heavy (non-hydrogen) atoms. The Morgan fingerprint density at radius 3 is 2.96 bits per heavy atom. The molecule has 0 aliphatic carbocycles. The maximum Gasteiger partial charge on any atom is 0.250 e. The van der Waals surface area contributed by atoms with Gasteiger partial charge in [0.05, 0.1) is 18.0 Å². The number of aliphatic hydroxyl groups excluding tert-OH is 1. The van der Waals surface area contributed by atoms with Crippen molar-refractivity contribution in [2.75, 3.05) is 38.4 Å². The monoisotopic (exact) mass is 321 g/mol. The number of carbonyl (C=O) groups is 1. The van der Waals surface area contributed by atoms with Crippen molar-refractivity contribution in [1.82, 2.24) is 5.32 Å². The van der Waals surface area contributed by atoms with Gasteiger partial charge < -0.3 is 20.5 Å². The molecule has 1 heterocycles. The minimum atomic E-state index is -0.392. The number of methoxy groups -OCH3 is 1. The van der Waals surface area contributed by atoms with Crippen molar-refractivity contribution < 1.29 is 14.6 Å². The van der Waals surface area contributed by atoms with Crippen molar-refractivity contribution in [3.63, 3.8) is 0 Å². The Kier molecular flexibility index (Phi) is 6.38. The summed E-state index contributed by atoms with van der Waals surface area (Å²) in [5.74, 6) is -0.392. The van der Waals surface area contributed by atoms with Crippen molar-refractivity contribution in [3.8, 4) is 0 Å². The number of hydrogen-bond acceptors (Lipinski definition) is 5. The lowest BCUT2D eigenvalue weighted by Crippen LogP contribution is -2.30. The molecule has 0 radical (unpaired) electrons. The van der Waals surface area contributed by atoms with E-state index in [1.54, 1.807) is 7.11 Å². The molecule has 0 saturated heterocycles. The van der Waals surface area contributed by atoms with E-state index >= 15 is 0 Å². The van der Waals surface area contributed by atoms with E-state index in [0.717, 1.165) is 37.2 Å². The zero-order valence-electron chi connectivity index (χ0n) is 14.0. The van der Waals surface area contributed by atoms with Gasteiger partial charge >= 0.3 is 0 Å². The average Bonchev–Trinajstić information content (AvgIpc) is 2.92. The van der Waals surface area contributed by atoms with Crippen molar-refractivity contribution in [1.29, 1.82) is 0 Å². The zero-order valence-corrected chi connectivity index (χ0v) is 14.0. The second-order valence-electron chi connectivity index (χ2n) is 6.07. The number of fused-ring (bicyclic) bond motifs is 1. The molecule has 0 aromatic heterocycles. The molecular weight excluding hydrogens is 294 g/mol. The van der Waals surface area contributed by atoms with Gasteiger partial charge in [-0.25, -0.2) is 0 Å². The fourth-order valence-electron chi connectivity index (χ4n) is 3.13. The summed E-state index contributed by atoms with van der Waals surface area (Å²) >= 11 is 0. The summed E-state index contributed by atoms with van der Waals surface area (Å²) in [7, 11) is 1.65. The Labute approximate surface area is 137 Å². The molecule has 2 rings (SSSR count). The topological polar surface area (TPSA) is 87.8 Å². The van der Waals surface area contributed by atoms with E-state index in [0.29, 0.717) is 18.7 Å². The number of nitrogens with two attached hydrogens (primary N) is 1. The number of nitrogens with one attached hydrogen (secondary N) is 1. The number of benzene rings is 1. The molecular formula is C17H27N3O3. The predicted octanol–water partition coefficient (Wildman–Crippen LogP) is 0.655. The molecule has 1 aliphatic heterocycles. The molecule has 0 fully saturated rings. The quantitative estimate of drug-likeness (QED) is 0.582. The molecule has 0 saturated carbocycles. The van der Waals surface area contributed by atoms with Gasteiger partial charge in [-0.2, -0.15) is 0 Å². The Morgan fingerprint density at radius 2 is 2.30 bits per heavy atom. The largest absolute Gasteiger partial charge is 0.396 e. The third-order valence-electron chi connectivity index (χ3n) is 4.19. The predicted molar refractivity (Wildman–Crippen MR) is 90.8 cm³/mol. The zero-order chi connectivity index (χ0) is 16.8. The lowest BCUT2D eigenvalue weighted by molar-refractivity contribution is 0.100. The van der Waals surface area contributed by atoms with E-state index in [1.165, 1.54) is 5.56 Å². The van der Waals surface area contributed by atoms with Crippen LogP contribution < -0.4 is 16.0 Å². The van der Waals surface area contributed by atoms with Gasteiger partial charge in [-0.1, -0.05) is 6.07 Å². The van der Waals surface area contributed by atoms with Gasteiger partial charge in [0.1, 0.15) is 0 Å². The number of amides is 1. The Balaban J connectivity index is 2.22. The number of aliphatic hydroxyl groups is 1. The standard InChI is InChI=1S/C17H27N3O3/c1-12(19-11-23-2)8-13-9-14-4-6-20(5-3-7-21)16(14)15(10-13)17(18)22/h9-10,12,19,21H,3-8,11H2,1-2H3,(H2,18,22). The SMILES string of the molecule is COCNC(C)Cc1cc2c(c(C(N)=O)c1)N(CCCO)CC2. The van der Waals surface area contributed by atoms with Crippen molar-refractivity contribution in [2.45, 2.75) is 32.2 Å². The van der Waals surface area contributed by atoms with E-state index in [9.17, 15) is 4.79 Å². The molecule has 1 unspecified atom stereocenters. The molecule has 1 aliphatic rings. The molecule has 1 amide bonds. The van der Waals surface area contributed by atoms with Crippen LogP contribution in [-0.4, -0.2) is 50.6 Å². The van der Waals surface area contributed by atoms with Crippen LogP contribution in [0.5, 0.6) is 0 Å². The summed E-state index contributed by atoms with van der Waals surface area (Å²) in [4.78, 5) is 14.1. The summed E-state index contributed by atoms with van der Waals surface area (Å²) < 4.78 is 5.03. The summed E-state index contributed by atoms with van der Waals surface area (Å²) in [6.45, 7) is 4.36. The second kappa shape index (κ2) is 8.29. The highest BCUT2D eigenvalue weighted by Gasteiger charge is 2.25. The van der Waals surface area contributed by atoms with Crippen LogP contribution in [0.15, 0.2) is 12.1 Å².